The number of carboxylic acid groups (broad SMARTS) is 1. The third kappa shape index (κ3) is 4.50. The fraction of sp³-hybridized carbons (Fsp3) is 0.241. The van der Waals surface area contributed by atoms with Gasteiger partial charge >= 0.3 is 6.09 Å². The quantitative estimate of drug-likeness (QED) is 0.322. The molecule has 0 atom stereocenters. The summed E-state index contributed by atoms with van der Waals surface area (Å²) in [5.74, 6) is 0.210. The third-order valence-corrected chi connectivity index (χ3v) is 7.13. The first-order valence-electron chi connectivity index (χ1n) is 12.3. The average Bonchev–Trinajstić information content (AvgIpc) is 2.92. The fourth-order valence-electron chi connectivity index (χ4n) is 4.94. The van der Waals surface area contributed by atoms with Gasteiger partial charge in [-0.25, -0.2) is 19.2 Å². The second kappa shape index (κ2) is 10.3. The molecule has 2 aromatic carbocycles. The van der Waals surface area contributed by atoms with E-state index in [-0.39, 0.29) is 27.9 Å². The highest BCUT2D eigenvalue weighted by molar-refractivity contribution is 6.34. The van der Waals surface area contributed by atoms with Crippen LogP contribution in [0.5, 0.6) is 0 Å². The minimum atomic E-state index is -0.972. The van der Waals surface area contributed by atoms with Crippen molar-refractivity contribution in [3.8, 4) is 28.5 Å². The van der Waals surface area contributed by atoms with Crippen LogP contribution in [0.2, 0.25) is 5.02 Å². The van der Waals surface area contributed by atoms with E-state index in [1.807, 2.05) is 29.2 Å². The Hall–Kier alpha value is -4.22. The van der Waals surface area contributed by atoms with Crippen molar-refractivity contribution in [3.63, 3.8) is 0 Å². The van der Waals surface area contributed by atoms with Crippen molar-refractivity contribution >= 4 is 34.4 Å². The molecule has 1 saturated heterocycles. The highest BCUT2D eigenvalue weighted by Gasteiger charge is 2.27. The zero-order chi connectivity index (χ0) is 27.0. The van der Waals surface area contributed by atoms with Crippen molar-refractivity contribution < 1.29 is 14.3 Å². The van der Waals surface area contributed by atoms with Crippen LogP contribution in [-0.4, -0.2) is 52.2 Å². The van der Waals surface area contributed by atoms with Crippen molar-refractivity contribution in [1.82, 2.24) is 14.9 Å². The van der Waals surface area contributed by atoms with Gasteiger partial charge in [0.25, 0.3) is 0 Å². The Morgan fingerprint density at radius 2 is 1.71 bits per heavy atom. The smallest absolute Gasteiger partial charge is 0.407 e. The molecule has 192 valence electrons. The number of hydrogen-bond donors (Lipinski definition) is 1. The van der Waals surface area contributed by atoms with Crippen LogP contribution >= 0.6 is 11.6 Å². The molecule has 1 fully saturated rings. The van der Waals surface area contributed by atoms with Gasteiger partial charge < -0.3 is 14.9 Å². The molecule has 38 heavy (non-hydrogen) atoms. The summed E-state index contributed by atoms with van der Waals surface area (Å²) in [5, 5.41) is 20.5. The van der Waals surface area contributed by atoms with Crippen LogP contribution in [0.3, 0.4) is 0 Å². The van der Waals surface area contributed by atoms with E-state index in [1.54, 1.807) is 24.3 Å². The first-order valence-corrected chi connectivity index (χ1v) is 12.7. The lowest BCUT2D eigenvalue weighted by Crippen LogP contribution is -2.48. The van der Waals surface area contributed by atoms with Crippen molar-refractivity contribution in [2.24, 2.45) is 0 Å². The lowest BCUT2D eigenvalue weighted by Gasteiger charge is -2.34. The Kier molecular flexibility index (Phi) is 6.87. The highest BCUT2D eigenvalue weighted by Crippen LogP contribution is 2.41. The van der Waals surface area contributed by atoms with Gasteiger partial charge in [-0.05, 0) is 35.2 Å². The highest BCUT2D eigenvalue weighted by atomic mass is 35.5. The van der Waals surface area contributed by atoms with Gasteiger partial charge in [0, 0.05) is 42.7 Å². The predicted octanol–water partition coefficient (Wildman–Crippen LogP) is 6.55. The normalized spacial score (nSPS) is 13.7. The van der Waals surface area contributed by atoms with Crippen LogP contribution in [0.4, 0.5) is 15.0 Å². The zero-order valence-electron chi connectivity index (χ0n) is 20.9. The Morgan fingerprint density at radius 3 is 2.34 bits per heavy atom. The number of benzene rings is 2. The molecule has 0 radical (unpaired) electrons. The number of pyridine rings is 2. The maximum absolute atomic E-state index is 14.8. The minimum Gasteiger partial charge on any atom is -0.465 e. The number of carbonyl (C=O) groups is 1. The second-order valence-corrected chi connectivity index (χ2v) is 9.87. The number of nitrogens with zero attached hydrogens (tertiary/aromatic N) is 5. The summed E-state index contributed by atoms with van der Waals surface area (Å²) in [5.41, 5.74) is 3.63. The molecule has 0 unspecified atom stereocenters. The van der Waals surface area contributed by atoms with Crippen LogP contribution in [0.1, 0.15) is 31.0 Å². The zero-order valence-corrected chi connectivity index (χ0v) is 21.7. The Balaban J connectivity index is 1.82. The maximum atomic E-state index is 14.8. The molecule has 4 aromatic rings. The first-order chi connectivity index (χ1) is 18.3. The molecule has 1 amide bonds. The number of nitriles is 1. The largest absolute Gasteiger partial charge is 0.465 e. The number of fused-ring (bicyclic) bond motifs is 1. The first kappa shape index (κ1) is 25.4. The topological polar surface area (TPSA) is 93.4 Å². The van der Waals surface area contributed by atoms with E-state index in [9.17, 15) is 19.6 Å². The van der Waals surface area contributed by atoms with Crippen LogP contribution < -0.4 is 4.90 Å². The number of aromatic nitrogens is 2. The molecule has 1 N–H and O–H groups in total. The standard InChI is InChI=1S/C29H25ClFN5O2/c1-17(2)18-7-3-4-8-19(18)25-24(16-32)33-28(35-11-13-36(14-12-35)29(37)38)21-15-22(30)26(34-27(21)25)20-9-5-6-10-23(20)31/h3-10,15,17H,11-14H2,1-2H3,(H,37,38). The number of piperazine rings is 1. The average molecular weight is 530 g/mol. The molecule has 1 aliphatic heterocycles. The van der Waals surface area contributed by atoms with E-state index in [0.717, 1.165) is 11.1 Å². The van der Waals surface area contributed by atoms with Crippen LogP contribution in [-0.2, 0) is 0 Å². The molecule has 1 aliphatic rings. The summed E-state index contributed by atoms with van der Waals surface area (Å²) in [6, 6.07) is 18.1. The van der Waals surface area contributed by atoms with E-state index in [0.29, 0.717) is 48.5 Å². The number of amides is 1. The predicted molar refractivity (Wildman–Crippen MR) is 146 cm³/mol. The molecule has 3 heterocycles. The van der Waals surface area contributed by atoms with Crippen LogP contribution in [0.15, 0.2) is 54.6 Å². The van der Waals surface area contributed by atoms with Gasteiger partial charge in [-0.2, -0.15) is 5.26 Å². The molecule has 9 heteroatoms. The van der Waals surface area contributed by atoms with Crippen molar-refractivity contribution in [1.29, 1.82) is 5.26 Å². The Bertz CT molecular complexity index is 1590. The lowest BCUT2D eigenvalue weighted by atomic mass is 9.90. The summed E-state index contributed by atoms with van der Waals surface area (Å²) in [7, 11) is 0. The van der Waals surface area contributed by atoms with E-state index in [1.165, 1.54) is 11.0 Å². The summed E-state index contributed by atoms with van der Waals surface area (Å²) in [6.07, 6.45) is -0.972. The molecule has 0 aliphatic carbocycles. The molecule has 5 rings (SSSR count). The fourth-order valence-corrected chi connectivity index (χ4v) is 5.19. The maximum Gasteiger partial charge on any atom is 0.407 e. The van der Waals surface area contributed by atoms with Gasteiger partial charge in [0.1, 0.15) is 17.7 Å². The van der Waals surface area contributed by atoms with Gasteiger partial charge in [-0.15, -0.1) is 0 Å². The molecular weight excluding hydrogens is 505 g/mol. The van der Waals surface area contributed by atoms with Gasteiger partial charge in [0.05, 0.1) is 16.2 Å². The number of hydrogen-bond acceptors (Lipinski definition) is 5. The second-order valence-electron chi connectivity index (χ2n) is 9.46. The van der Waals surface area contributed by atoms with E-state index >= 15 is 0 Å². The van der Waals surface area contributed by atoms with Gasteiger partial charge in [0.15, 0.2) is 5.69 Å². The van der Waals surface area contributed by atoms with Crippen molar-refractivity contribution in [2.45, 2.75) is 19.8 Å². The molecule has 2 aromatic heterocycles. The van der Waals surface area contributed by atoms with E-state index in [4.69, 9.17) is 21.6 Å². The molecule has 0 bridgehead atoms. The van der Waals surface area contributed by atoms with E-state index < -0.39 is 11.9 Å². The van der Waals surface area contributed by atoms with Crippen LogP contribution in [0.25, 0.3) is 33.3 Å². The Labute approximate surface area is 224 Å². The van der Waals surface area contributed by atoms with Gasteiger partial charge in [-0.1, -0.05) is 61.8 Å². The SMILES string of the molecule is CC(C)c1ccccc1-c1c(C#N)nc(N2CCN(C(=O)O)CC2)c2cc(Cl)c(-c3ccccc3F)nc12. The monoisotopic (exact) mass is 529 g/mol. The van der Waals surface area contributed by atoms with Gasteiger partial charge in [0.2, 0.25) is 0 Å². The number of anilines is 1. The molecule has 0 spiro atoms. The number of rotatable bonds is 4. The number of halogens is 2. The molecule has 7 nitrogen and oxygen atoms in total. The van der Waals surface area contributed by atoms with Crippen molar-refractivity contribution in [2.75, 3.05) is 31.1 Å². The minimum absolute atomic E-state index is 0.162. The summed E-state index contributed by atoms with van der Waals surface area (Å²) in [4.78, 5) is 24.4. The van der Waals surface area contributed by atoms with Gasteiger partial charge in [-0.3, -0.25) is 0 Å². The third-order valence-electron chi connectivity index (χ3n) is 6.84. The lowest BCUT2D eigenvalue weighted by molar-refractivity contribution is 0.142. The van der Waals surface area contributed by atoms with Crippen LogP contribution in [0, 0.1) is 17.1 Å². The van der Waals surface area contributed by atoms with Crippen molar-refractivity contribution in [3.05, 3.63) is 76.7 Å². The summed E-state index contributed by atoms with van der Waals surface area (Å²) in [6.45, 7) is 5.54. The van der Waals surface area contributed by atoms with E-state index in [2.05, 4.69) is 19.9 Å². The Morgan fingerprint density at radius 1 is 1.05 bits per heavy atom. The molecular formula is C29H25ClFN5O2. The molecule has 0 saturated carbocycles. The summed E-state index contributed by atoms with van der Waals surface area (Å²) < 4.78 is 14.8. The summed E-state index contributed by atoms with van der Waals surface area (Å²) >= 11 is 6.71.